The van der Waals surface area contributed by atoms with Crippen LogP contribution in [0.2, 0.25) is 0 Å². The van der Waals surface area contributed by atoms with Gasteiger partial charge in [-0.15, -0.1) is 0 Å². The van der Waals surface area contributed by atoms with Crippen molar-refractivity contribution in [2.24, 2.45) is 5.73 Å². The number of nitrogens with two attached hydrogens (primary N) is 1. The molecular formula is C21H23N7O2. The van der Waals surface area contributed by atoms with Gasteiger partial charge < -0.3 is 16.0 Å². The smallest absolute Gasteiger partial charge is 0.329 e. The number of likely N-dealkylation sites (tertiary alicyclic amines) is 1. The normalized spacial score (nSPS) is 15.6. The van der Waals surface area contributed by atoms with Gasteiger partial charge in [0.1, 0.15) is 5.52 Å². The number of pyridine rings is 2. The van der Waals surface area contributed by atoms with E-state index in [1.807, 2.05) is 6.92 Å². The highest BCUT2D eigenvalue weighted by atomic mass is 16.2. The van der Waals surface area contributed by atoms with E-state index in [4.69, 9.17) is 11.1 Å². The van der Waals surface area contributed by atoms with Crippen LogP contribution in [-0.4, -0.2) is 43.7 Å². The SMILES string of the molecule is C=C(C)N1CCC(n2c(=O)[nH]c(=O)c3cnc4ccc(/C(C=N)=C/N)nc4c32)CC1. The summed E-state index contributed by atoms with van der Waals surface area (Å²) in [6.07, 6.45) is 5.37. The Morgan fingerprint density at radius 2 is 2.07 bits per heavy atom. The Kier molecular flexibility index (Phi) is 4.94. The van der Waals surface area contributed by atoms with Crippen molar-refractivity contribution in [3.05, 3.63) is 63.3 Å². The number of piperidine rings is 1. The molecule has 3 aromatic rings. The molecule has 154 valence electrons. The first-order valence-corrected chi connectivity index (χ1v) is 9.72. The van der Waals surface area contributed by atoms with E-state index < -0.39 is 11.2 Å². The summed E-state index contributed by atoms with van der Waals surface area (Å²) in [7, 11) is 0. The van der Waals surface area contributed by atoms with Gasteiger partial charge in [-0.1, -0.05) is 6.58 Å². The summed E-state index contributed by atoms with van der Waals surface area (Å²) in [4.78, 5) is 39.0. The molecule has 30 heavy (non-hydrogen) atoms. The van der Waals surface area contributed by atoms with Crippen molar-refractivity contribution in [1.82, 2.24) is 24.4 Å². The number of aromatic nitrogens is 4. The van der Waals surface area contributed by atoms with Crippen molar-refractivity contribution < 1.29 is 0 Å². The van der Waals surface area contributed by atoms with Gasteiger partial charge in [-0.05, 0) is 31.9 Å². The van der Waals surface area contributed by atoms with Gasteiger partial charge in [0.2, 0.25) is 0 Å². The van der Waals surface area contributed by atoms with Crippen LogP contribution < -0.4 is 17.0 Å². The van der Waals surface area contributed by atoms with Crippen molar-refractivity contribution in [1.29, 1.82) is 5.41 Å². The number of allylic oxidation sites excluding steroid dienone is 2. The number of hydrogen-bond acceptors (Lipinski definition) is 7. The number of nitrogens with one attached hydrogen (secondary N) is 2. The van der Waals surface area contributed by atoms with E-state index in [9.17, 15) is 9.59 Å². The second kappa shape index (κ2) is 7.58. The van der Waals surface area contributed by atoms with Crippen LogP contribution in [0.3, 0.4) is 0 Å². The minimum atomic E-state index is -0.492. The lowest BCUT2D eigenvalue weighted by atomic mass is 10.0. The number of H-pyrrole nitrogens is 1. The summed E-state index contributed by atoms with van der Waals surface area (Å²) in [5.41, 5.74) is 8.04. The standard InChI is InChI=1S/C21H23N7O2/c1-12(2)27-7-5-14(6-8-27)28-19-15(20(29)26-21(28)30)11-24-17-4-3-16(25-18(17)19)13(9-22)10-23/h3-4,9-11,14,22H,1,5-8,23H2,2H3,(H,26,29,30)/b13-10+,22-9?. The fraction of sp³-hybridized carbons (Fsp3) is 0.286. The summed E-state index contributed by atoms with van der Waals surface area (Å²) in [5.74, 6) is 0. The molecule has 9 nitrogen and oxygen atoms in total. The second-order valence-electron chi connectivity index (χ2n) is 7.43. The zero-order valence-electron chi connectivity index (χ0n) is 16.7. The van der Waals surface area contributed by atoms with Crippen LogP contribution in [0.15, 0.2) is 46.4 Å². The fourth-order valence-corrected chi connectivity index (χ4v) is 4.01. The third-order valence-corrected chi connectivity index (χ3v) is 5.61. The van der Waals surface area contributed by atoms with Crippen molar-refractivity contribution in [2.45, 2.75) is 25.8 Å². The third-order valence-electron chi connectivity index (χ3n) is 5.61. The number of nitrogens with zero attached hydrogens (tertiary/aromatic N) is 4. The van der Waals surface area contributed by atoms with Gasteiger partial charge in [-0.2, -0.15) is 0 Å². The first kappa shape index (κ1) is 19.6. The lowest BCUT2D eigenvalue weighted by Gasteiger charge is -2.34. The van der Waals surface area contributed by atoms with Crippen LogP contribution >= 0.6 is 0 Å². The van der Waals surface area contributed by atoms with Crippen molar-refractivity contribution in [2.75, 3.05) is 13.1 Å². The number of aromatic amines is 1. The van der Waals surface area contributed by atoms with Crippen LogP contribution in [0.5, 0.6) is 0 Å². The van der Waals surface area contributed by atoms with Crippen LogP contribution in [0, 0.1) is 5.41 Å². The zero-order valence-corrected chi connectivity index (χ0v) is 16.7. The fourth-order valence-electron chi connectivity index (χ4n) is 4.01. The van der Waals surface area contributed by atoms with E-state index in [1.165, 1.54) is 12.4 Å². The molecule has 0 spiro atoms. The minimum Gasteiger partial charge on any atom is -0.404 e. The molecule has 1 aliphatic heterocycles. The number of hydrogen-bond donors (Lipinski definition) is 3. The quantitative estimate of drug-likeness (QED) is 0.447. The maximum Gasteiger partial charge on any atom is 0.329 e. The largest absolute Gasteiger partial charge is 0.404 e. The van der Waals surface area contributed by atoms with Crippen LogP contribution in [0.4, 0.5) is 0 Å². The molecule has 1 saturated heterocycles. The Hall–Kier alpha value is -3.75. The molecule has 9 heteroatoms. The van der Waals surface area contributed by atoms with Gasteiger partial charge in [0.25, 0.3) is 5.56 Å². The monoisotopic (exact) mass is 405 g/mol. The van der Waals surface area contributed by atoms with Gasteiger partial charge in [0.05, 0.1) is 22.1 Å². The van der Waals surface area contributed by atoms with Crippen molar-refractivity contribution in [3.8, 4) is 0 Å². The third kappa shape index (κ3) is 3.18. The second-order valence-corrected chi connectivity index (χ2v) is 7.43. The maximum atomic E-state index is 12.9. The molecule has 4 N–H and O–H groups in total. The predicted octanol–water partition coefficient (Wildman–Crippen LogP) is 1.75. The first-order chi connectivity index (χ1) is 14.4. The molecule has 0 aliphatic carbocycles. The van der Waals surface area contributed by atoms with Crippen LogP contribution in [-0.2, 0) is 0 Å². The molecule has 0 aromatic carbocycles. The van der Waals surface area contributed by atoms with Gasteiger partial charge in [-0.25, -0.2) is 9.78 Å². The highest BCUT2D eigenvalue weighted by Crippen LogP contribution is 2.28. The molecule has 0 saturated carbocycles. The van der Waals surface area contributed by atoms with E-state index in [0.717, 1.165) is 37.8 Å². The lowest BCUT2D eigenvalue weighted by molar-refractivity contribution is 0.228. The lowest BCUT2D eigenvalue weighted by Crippen LogP contribution is -2.39. The highest BCUT2D eigenvalue weighted by molar-refractivity contribution is 6.09. The molecule has 0 atom stereocenters. The maximum absolute atomic E-state index is 12.9. The van der Waals surface area contributed by atoms with Gasteiger partial charge in [0, 0.05) is 49.0 Å². The summed E-state index contributed by atoms with van der Waals surface area (Å²) in [6.45, 7) is 7.53. The van der Waals surface area contributed by atoms with E-state index in [-0.39, 0.29) is 6.04 Å². The van der Waals surface area contributed by atoms with E-state index >= 15 is 0 Å². The number of fused-ring (bicyclic) bond motifs is 3. The molecule has 1 aliphatic rings. The van der Waals surface area contributed by atoms with Crippen LogP contribution in [0.1, 0.15) is 31.5 Å². The molecule has 1 fully saturated rings. The van der Waals surface area contributed by atoms with E-state index in [2.05, 4.69) is 26.4 Å². The van der Waals surface area contributed by atoms with Crippen molar-refractivity contribution in [3.63, 3.8) is 0 Å². The molecule has 4 heterocycles. The highest BCUT2D eigenvalue weighted by Gasteiger charge is 2.25. The van der Waals surface area contributed by atoms with Crippen LogP contribution in [0.25, 0.3) is 27.5 Å². The summed E-state index contributed by atoms with van der Waals surface area (Å²) >= 11 is 0. The molecule has 0 bridgehead atoms. The average Bonchev–Trinajstić information content (AvgIpc) is 2.74. The van der Waals surface area contributed by atoms with Gasteiger partial charge in [-0.3, -0.25) is 19.3 Å². The summed E-state index contributed by atoms with van der Waals surface area (Å²) < 4.78 is 1.64. The summed E-state index contributed by atoms with van der Waals surface area (Å²) in [6, 6.07) is 3.38. The minimum absolute atomic E-state index is 0.0873. The first-order valence-electron chi connectivity index (χ1n) is 9.72. The number of rotatable bonds is 4. The Balaban J connectivity index is 1.99. The molecule has 0 unspecified atom stereocenters. The average molecular weight is 405 g/mol. The molecule has 3 aromatic heterocycles. The Morgan fingerprint density at radius 1 is 1.33 bits per heavy atom. The molecular weight excluding hydrogens is 382 g/mol. The van der Waals surface area contributed by atoms with E-state index in [0.29, 0.717) is 33.2 Å². The zero-order chi connectivity index (χ0) is 21.4. The Labute approximate surface area is 172 Å². The Bertz CT molecular complexity index is 1310. The van der Waals surface area contributed by atoms with Gasteiger partial charge in [0.15, 0.2) is 0 Å². The summed E-state index contributed by atoms with van der Waals surface area (Å²) in [5, 5.41) is 7.85. The molecule has 0 radical (unpaired) electrons. The van der Waals surface area contributed by atoms with Crippen molar-refractivity contribution >= 4 is 33.7 Å². The molecule has 0 amide bonds. The van der Waals surface area contributed by atoms with E-state index in [1.54, 1.807) is 16.7 Å². The van der Waals surface area contributed by atoms with Gasteiger partial charge >= 0.3 is 5.69 Å². The molecule has 4 rings (SSSR count). The predicted molar refractivity (Wildman–Crippen MR) is 118 cm³/mol. The topological polar surface area (TPSA) is 134 Å². The Morgan fingerprint density at radius 3 is 2.70 bits per heavy atom.